The second-order valence-corrected chi connectivity index (χ2v) is 5.85. The molecule has 0 radical (unpaired) electrons. The van der Waals surface area contributed by atoms with E-state index in [-0.39, 0.29) is 6.10 Å². The van der Waals surface area contributed by atoms with Gasteiger partial charge in [0.15, 0.2) is 0 Å². The van der Waals surface area contributed by atoms with Crippen LogP contribution in [0.5, 0.6) is 5.75 Å². The van der Waals surface area contributed by atoms with Gasteiger partial charge in [0.05, 0.1) is 11.7 Å². The maximum absolute atomic E-state index is 11.0. The number of benzene rings is 1. The minimum Gasteiger partial charge on any atom is -0.491 e. The molecule has 1 saturated heterocycles. The van der Waals surface area contributed by atoms with Gasteiger partial charge in [-0.3, -0.25) is 0 Å². The number of rotatable bonds is 3. The predicted octanol–water partition coefficient (Wildman–Crippen LogP) is 2.78. The molecule has 3 nitrogen and oxygen atoms in total. The first-order chi connectivity index (χ1) is 9.01. The fraction of sp³-hybridized carbons (Fsp3) is 0.625. The zero-order chi connectivity index (χ0) is 13.9. The van der Waals surface area contributed by atoms with E-state index in [1.54, 1.807) is 0 Å². The van der Waals surface area contributed by atoms with Gasteiger partial charge < -0.3 is 14.7 Å². The first kappa shape index (κ1) is 14.4. The van der Waals surface area contributed by atoms with E-state index < -0.39 is 5.60 Å². The third-order valence-corrected chi connectivity index (χ3v) is 3.79. The molecule has 106 valence electrons. The summed E-state index contributed by atoms with van der Waals surface area (Å²) in [4.78, 5) is 2.28. The van der Waals surface area contributed by atoms with Crippen molar-refractivity contribution in [2.75, 3.05) is 20.1 Å². The summed E-state index contributed by atoms with van der Waals surface area (Å²) in [5.41, 5.74) is 0.190. The molecule has 0 aromatic heterocycles. The maximum Gasteiger partial charge on any atom is 0.125 e. The molecule has 1 aromatic rings. The Labute approximate surface area is 116 Å². The smallest absolute Gasteiger partial charge is 0.125 e. The minimum absolute atomic E-state index is 0.123. The zero-order valence-electron chi connectivity index (χ0n) is 12.2. The van der Waals surface area contributed by atoms with E-state index in [4.69, 9.17) is 4.74 Å². The molecule has 19 heavy (non-hydrogen) atoms. The Balaban J connectivity index is 2.28. The lowest BCUT2D eigenvalue weighted by molar-refractivity contribution is 0.0182. The Morgan fingerprint density at radius 3 is 2.68 bits per heavy atom. The Hall–Kier alpha value is -1.06. The molecule has 0 amide bonds. The van der Waals surface area contributed by atoms with Crippen molar-refractivity contribution >= 4 is 0 Å². The van der Waals surface area contributed by atoms with Crippen molar-refractivity contribution in [3.8, 4) is 5.75 Å². The summed E-state index contributed by atoms with van der Waals surface area (Å²) >= 11 is 0. The van der Waals surface area contributed by atoms with Crippen LogP contribution >= 0.6 is 0 Å². The number of hydrogen-bond donors (Lipinski definition) is 1. The average molecular weight is 263 g/mol. The fourth-order valence-corrected chi connectivity index (χ4v) is 2.73. The molecule has 1 heterocycles. The topological polar surface area (TPSA) is 32.7 Å². The Morgan fingerprint density at radius 1 is 1.21 bits per heavy atom. The van der Waals surface area contributed by atoms with Crippen molar-refractivity contribution in [3.05, 3.63) is 29.8 Å². The maximum atomic E-state index is 11.0. The van der Waals surface area contributed by atoms with Crippen LogP contribution in [-0.4, -0.2) is 36.2 Å². The molecule has 3 heteroatoms. The van der Waals surface area contributed by atoms with Crippen molar-refractivity contribution < 1.29 is 9.84 Å². The van der Waals surface area contributed by atoms with Crippen LogP contribution in [0.2, 0.25) is 0 Å². The summed E-state index contributed by atoms with van der Waals surface area (Å²) in [6.45, 7) is 6.01. The normalized spacial score (nSPS) is 25.3. The average Bonchev–Trinajstić information content (AvgIpc) is 2.52. The van der Waals surface area contributed by atoms with E-state index in [0.29, 0.717) is 0 Å². The number of aliphatic hydroxyl groups is 1. The molecule has 1 aliphatic rings. The predicted molar refractivity (Wildman–Crippen MR) is 77.5 cm³/mol. The van der Waals surface area contributed by atoms with Gasteiger partial charge in [0.2, 0.25) is 0 Å². The monoisotopic (exact) mass is 263 g/mol. The molecule has 1 aliphatic heterocycles. The van der Waals surface area contributed by atoms with Gasteiger partial charge in [0.1, 0.15) is 5.75 Å². The first-order valence-corrected chi connectivity index (χ1v) is 7.18. The summed E-state index contributed by atoms with van der Waals surface area (Å²) in [7, 11) is 2.11. The van der Waals surface area contributed by atoms with Crippen molar-refractivity contribution in [3.63, 3.8) is 0 Å². The Morgan fingerprint density at radius 2 is 1.95 bits per heavy atom. The highest BCUT2D eigenvalue weighted by atomic mass is 16.5. The number of hydrogen-bond acceptors (Lipinski definition) is 3. The van der Waals surface area contributed by atoms with Crippen LogP contribution in [0.4, 0.5) is 0 Å². The van der Waals surface area contributed by atoms with E-state index in [2.05, 4.69) is 11.9 Å². The number of likely N-dealkylation sites (tertiary alicyclic amines) is 1. The van der Waals surface area contributed by atoms with Crippen LogP contribution in [0.25, 0.3) is 0 Å². The summed E-state index contributed by atoms with van der Waals surface area (Å²) in [6.07, 6.45) is 2.71. The molecule has 0 spiro atoms. The molecule has 1 N–H and O–H groups in total. The number of ether oxygens (including phenoxy) is 1. The molecule has 1 fully saturated rings. The summed E-state index contributed by atoms with van der Waals surface area (Å²) in [6, 6.07) is 7.91. The summed E-state index contributed by atoms with van der Waals surface area (Å²) in [5, 5.41) is 11.0. The molecule has 0 saturated carbocycles. The second-order valence-electron chi connectivity index (χ2n) is 5.85. The van der Waals surface area contributed by atoms with Gasteiger partial charge in [-0.15, -0.1) is 0 Å². The van der Waals surface area contributed by atoms with Crippen LogP contribution in [-0.2, 0) is 5.60 Å². The van der Waals surface area contributed by atoms with E-state index in [1.165, 1.54) is 0 Å². The summed E-state index contributed by atoms with van der Waals surface area (Å²) < 4.78 is 5.86. The molecule has 0 aliphatic carbocycles. The first-order valence-electron chi connectivity index (χ1n) is 7.18. The highest BCUT2D eigenvalue weighted by Gasteiger charge is 2.33. The minimum atomic E-state index is -0.754. The fourth-order valence-electron chi connectivity index (χ4n) is 2.73. The van der Waals surface area contributed by atoms with Crippen molar-refractivity contribution in [2.45, 2.75) is 44.8 Å². The van der Waals surface area contributed by atoms with Crippen molar-refractivity contribution in [1.29, 1.82) is 0 Å². The van der Waals surface area contributed by atoms with E-state index >= 15 is 0 Å². The van der Waals surface area contributed by atoms with Gasteiger partial charge in [-0.25, -0.2) is 0 Å². The van der Waals surface area contributed by atoms with Gasteiger partial charge in [-0.05, 0) is 52.8 Å². The van der Waals surface area contributed by atoms with Crippen LogP contribution in [0.15, 0.2) is 24.3 Å². The van der Waals surface area contributed by atoms with E-state index in [1.807, 2.05) is 38.1 Å². The quantitative estimate of drug-likeness (QED) is 0.910. The Bertz CT molecular complexity index is 419. The lowest BCUT2D eigenvalue weighted by Gasteiger charge is -2.29. The number of nitrogens with zero attached hydrogens (tertiary/aromatic N) is 1. The molecule has 2 rings (SSSR count). The van der Waals surface area contributed by atoms with Crippen molar-refractivity contribution in [2.24, 2.45) is 0 Å². The molecular weight excluding hydrogens is 238 g/mol. The summed E-state index contributed by atoms with van der Waals surface area (Å²) in [5.74, 6) is 0.824. The zero-order valence-corrected chi connectivity index (χ0v) is 12.2. The van der Waals surface area contributed by atoms with E-state index in [9.17, 15) is 5.11 Å². The van der Waals surface area contributed by atoms with Gasteiger partial charge >= 0.3 is 0 Å². The number of para-hydroxylation sites is 1. The highest BCUT2D eigenvalue weighted by Crippen LogP contribution is 2.38. The van der Waals surface area contributed by atoms with E-state index in [0.717, 1.165) is 43.7 Å². The molecule has 0 bridgehead atoms. The van der Waals surface area contributed by atoms with Crippen LogP contribution < -0.4 is 4.74 Å². The lowest BCUT2D eigenvalue weighted by Crippen LogP contribution is -2.28. The molecule has 1 atom stereocenters. The standard InChI is InChI=1S/C16H25NO2/c1-13(2)19-15-8-5-4-7-14(15)16(18)9-6-11-17(3)12-10-16/h4-5,7-8,13,18H,6,9-12H2,1-3H3. The third kappa shape index (κ3) is 3.48. The van der Waals surface area contributed by atoms with Gasteiger partial charge in [-0.2, -0.15) is 0 Å². The van der Waals surface area contributed by atoms with Crippen molar-refractivity contribution in [1.82, 2.24) is 4.90 Å². The highest BCUT2D eigenvalue weighted by molar-refractivity contribution is 5.38. The molecule has 1 aromatic carbocycles. The Kier molecular flexibility index (Phi) is 4.48. The van der Waals surface area contributed by atoms with Crippen LogP contribution in [0, 0.1) is 0 Å². The second kappa shape index (κ2) is 5.93. The lowest BCUT2D eigenvalue weighted by atomic mass is 9.86. The SMILES string of the molecule is CC(C)Oc1ccccc1C1(O)CCCN(C)CC1. The van der Waals surface area contributed by atoms with Gasteiger partial charge in [0.25, 0.3) is 0 Å². The van der Waals surface area contributed by atoms with Gasteiger partial charge in [-0.1, -0.05) is 18.2 Å². The molecular formula is C16H25NO2. The van der Waals surface area contributed by atoms with Crippen LogP contribution in [0.3, 0.4) is 0 Å². The molecule has 1 unspecified atom stereocenters. The van der Waals surface area contributed by atoms with Crippen LogP contribution in [0.1, 0.15) is 38.7 Å². The largest absolute Gasteiger partial charge is 0.491 e. The van der Waals surface area contributed by atoms with Gasteiger partial charge in [0, 0.05) is 12.1 Å². The third-order valence-electron chi connectivity index (χ3n) is 3.79.